The third-order valence-corrected chi connectivity index (χ3v) is 12.0. The first kappa shape index (κ1) is 41.0. The molecule has 0 radical (unpaired) electrons. The number of imidazole rings is 1. The standard InChI is InChI=1S/C41H45N8O10P/c1-53-28-13-9-26(10-14-28)41(25-7-5-4-6-8-25,27-11-15-29(54-2)16-12-27)55-21-33-31(20-36(58-33)48-18-17-34(42)47-40(48)51)59-60(3,52)56-22-32-30(50)19-35(57-32)49-24-46-37-38(43)44-23-45-39(37)49/h4-18,23-24,30-33,35-36,50H,19-22H2,1-3H3,(H2,42,47,51)(H2,43,44,45)/t30-,31-,32+,33+,35+,36+,60?/m0/s1. The van der Waals surface area contributed by atoms with Gasteiger partial charge < -0.3 is 49.3 Å². The molecule has 2 aliphatic rings. The van der Waals surface area contributed by atoms with E-state index in [2.05, 4.69) is 19.9 Å². The predicted molar refractivity (Wildman–Crippen MR) is 218 cm³/mol. The number of hydrogen-bond donors (Lipinski definition) is 3. The Balaban J connectivity index is 1.07. The lowest BCUT2D eigenvalue weighted by Gasteiger charge is -2.37. The summed E-state index contributed by atoms with van der Waals surface area (Å²) in [6.07, 6.45) is -0.599. The third kappa shape index (κ3) is 8.23. The minimum absolute atomic E-state index is 0.0530. The van der Waals surface area contributed by atoms with Crippen LogP contribution in [-0.2, 0) is 33.4 Å². The van der Waals surface area contributed by atoms with Crippen molar-refractivity contribution in [1.29, 1.82) is 0 Å². The predicted octanol–water partition coefficient (Wildman–Crippen LogP) is 4.43. The highest BCUT2D eigenvalue weighted by Gasteiger charge is 2.45. The molecule has 5 heterocycles. The van der Waals surface area contributed by atoms with Crippen LogP contribution in [0.25, 0.3) is 11.2 Å². The van der Waals surface area contributed by atoms with Gasteiger partial charge in [-0.05, 0) is 47.0 Å². The van der Waals surface area contributed by atoms with Gasteiger partial charge >= 0.3 is 13.3 Å². The summed E-state index contributed by atoms with van der Waals surface area (Å²) in [5.41, 5.74) is 13.1. The fourth-order valence-electron chi connectivity index (χ4n) is 7.66. The van der Waals surface area contributed by atoms with Gasteiger partial charge in [0.2, 0.25) is 0 Å². The highest BCUT2D eigenvalue weighted by Crippen LogP contribution is 2.50. The Hall–Kier alpha value is -5.72. The zero-order chi connectivity index (χ0) is 42.0. The first-order valence-corrected chi connectivity index (χ1v) is 21.1. The van der Waals surface area contributed by atoms with Crippen molar-refractivity contribution in [1.82, 2.24) is 29.1 Å². The van der Waals surface area contributed by atoms with Crippen LogP contribution in [0.4, 0.5) is 11.6 Å². The maximum absolute atomic E-state index is 14.2. The molecule has 18 nitrogen and oxygen atoms in total. The number of ether oxygens (including phenoxy) is 5. The van der Waals surface area contributed by atoms with Gasteiger partial charge in [-0.3, -0.25) is 13.7 Å². The Morgan fingerprint density at radius 2 is 1.45 bits per heavy atom. The van der Waals surface area contributed by atoms with Crippen LogP contribution in [-0.4, -0.2) is 92.7 Å². The quantitative estimate of drug-likeness (QED) is 0.0959. The number of nitrogens with zero attached hydrogens (tertiary/aromatic N) is 6. The summed E-state index contributed by atoms with van der Waals surface area (Å²) >= 11 is 0. The van der Waals surface area contributed by atoms with Crippen LogP contribution in [0.1, 0.15) is 42.0 Å². The minimum atomic E-state index is -3.91. The highest BCUT2D eigenvalue weighted by atomic mass is 31.2. The molecule has 3 aromatic carbocycles. The molecule has 314 valence electrons. The summed E-state index contributed by atoms with van der Waals surface area (Å²) in [4.78, 5) is 29.5. The molecule has 2 saturated heterocycles. The maximum Gasteiger partial charge on any atom is 0.351 e. The first-order valence-electron chi connectivity index (χ1n) is 19.1. The number of anilines is 2. The number of rotatable bonds is 15. The lowest BCUT2D eigenvalue weighted by atomic mass is 9.80. The number of nitrogen functional groups attached to an aromatic ring is 2. The number of aliphatic hydroxyl groups excluding tert-OH is 1. The Kier molecular flexibility index (Phi) is 11.7. The molecule has 60 heavy (non-hydrogen) atoms. The van der Waals surface area contributed by atoms with E-state index in [0.29, 0.717) is 22.7 Å². The molecule has 19 heteroatoms. The van der Waals surface area contributed by atoms with Crippen molar-refractivity contribution in [3.8, 4) is 11.5 Å². The van der Waals surface area contributed by atoms with Crippen LogP contribution in [0.3, 0.4) is 0 Å². The number of aliphatic hydroxyl groups is 1. The SMILES string of the molecule is COc1ccc(C(OC[C@H]2O[C@@H](n3ccc(N)nc3=O)C[C@@H]2OP(C)(=O)OC[C@H]2O[C@@H](n3cnc4c(N)ncnc43)C[C@@H]2O)(c2ccccc2)c2ccc(OC)cc2)cc1. The average Bonchev–Trinajstić information content (AvgIpc) is 3.98. The van der Waals surface area contributed by atoms with Gasteiger partial charge in [0.15, 0.2) is 11.5 Å². The third-order valence-electron chi connectivity index (χ3n) is 10.7. The highest BCUT2D eigenvalue weighted by molar-refractivity contribution is 7.53. The second kappa shape index (κ2) is 17.1. The molecule has 0 bridgehead atoms. The van der Waals surface area contributed by atoms with E-state index in [-0.39, 0.29) is 37.7 Å². The molecule has 5 N–H and O–H groups in total. The molecule has 8 rings (SSSR count). The van der Waals surface area contributed by atoms with Crippen LogP contribution >= 0.6 is 7.60 Å². The number of methoxy groups -OCH3 is 2. The maximum atomic E-state index is 14.2. The number of fused-ring (bicyclic) bond motifs is 1. The van der Waals surface area contributed by atoms with E-state index < -0.39 is 55.8 Å². The molecule has 1 unspecified atom stereocenters. The Morgan fingerprint density at radius 1 is 0.817 bits per heavy atom. The molecular formula is C41H45N8O10P. The van der Waals surface area contributed by atoms with E-state index in [1.54, 1.807) is 18.8 Å². The van der Waals surface area contributed by atoms with Crippen molar-refractivity contribution in [2.75, 3.05) is 45.6 Å². The summed E-state index contributed by atoms with van der Waals surface area (Å²) in [6, 6.07) is 26.3. The van der Waals surface area contributed by atoms with E-state index in [9.17, 15) is 14.5 Å². The van der Waals surface area contributed by atoms with E-state index in [0.717, 1.165) is 16.7 Å². The van der Waals surface area contributed by atoms with Gasteiger partial charge in [0.25, 0.3) is 0 Å². The van der Waals surface area contributed by atoms with Gasteiger partial charge in [-0.15, -0.1) is 0 Å². The summed E-state index contributed by atoms with van der Waals surface area (Å²) in [5.74, 6) is 1.59. The summed E-state index contributed by atoms with van der Waals surface area (Å²) in [7, 11) is -0.716. The number of aromatic nitrogens is 6. The molecule has 0 amide bonds. The molecule has 2 fully saturated rings. The van der Waals surface area contributed by atoms with Crippen LogP contribution in [0.5, 0.6) is 11.5 Å². The topological polar surface area (TPSA) is 232 Å². The number of benzene rings is 3. The smallest absolute Gasteiger partial charge is 0.351 e. The van der Waals surface area contributed by atoms with Gasteiger partial charge in [0, 0.05) is 25.7 Å². The van der Waals surface area contributed by atoms with Crippen LogP contribution in [0, 0.1) is 0 Å². The van der Waals surface area contributed by atoms with Gasteiger partial charge in [-0.2, -0.15) is 4.98 Å². The van der Waals surface area contributed by atoms with Gasteiger partial charge in [-0.1, -0.05) is 54.6 Å². The summed E-state index contributed by atoms with van der Waals surface area (Å²) in [5, 5.41) is 11.0. The molecule has 0 aliphatic carbocycles. The minimum Gasteiger partial charge on any atom is -0.497 e. The summed E-state index contributed by atoms with van der Waals surface area (Å²) in [6.45, 7) is 0.963. The zero-order valence-electron chi connectivity index (χ0n) is 33.0. The first-order chi connectivity index (χ1) is 29.0. The van der Waals surface area contributed by atoms with Crippen molar-refractivity contribution < 1.29 is 42.4 Å². The molecular weight excluding hydrogens is 795 g/mol. The van der Waals surface area contributed by atoms with Crippen molar-refractivity contribution in [2.24, 2.45) is 0 Å². The fourth-order valence-corrected chi connectivity index (χ4v) is 8.85. The number of nitrogens with two attached hydrogens (primary N) is 2. The Morgan fingerprint density at radius 3 is 2.10 bits per heavy atom. The molecule has 2 aliphatic heterocycles. The second-order valence-corrected chi connectivity index (χ2v) is 16.5. The van der Waals surface area contributed by atoms with E-state index in [1.807, 2.05) is 78.9 Å². The van der Waals surface area contributed by atoms with Crippen molar-refractivity contribution >= 4 is 30.4 Å². The van der Waals surface area contributed by atoms with Gasteiger partial charge in [0.1, 0.15) is 59.4 Å². The van der Waals surface area contributed by atoms with Crippen LogP contribution < -0.4 is 26.6 Å². The Bertz CT molecular complexity index is 2480. The monoisotopic (exact) mass is 840 g/mol. The normalized spacial score (nSPS) is 22.8. The van der Waals surface area contributed by atoms with Crippen molar-refractivity contribution in [3.63, 3.8) is 0 Å². The number of hydrogen-bond acceptors (Lipinski definition) is 16. The summed E-state index contributed by atoms with van der Waals surface area (Å²) < 4.78 is 60.1. The van der Waals surface area contributed by atoms with Gasteiger partial charge in [0.05, 0.1) is 46.0 Å². The van der Waals surface area contributed by atoms with E-state index in [4.69, 9.17) is 44.2 Å². The fraction of sp³-hybridized carbons (Fsp3) is 0.341. The molecule has 6 aromatic rings. The van der Waals surface area contributed by atoms with Crippen LogP contribution in [0.2, 0.25) is 0 Å². The lowest BCUT2D eigenvalue weighted by molar-refractivity contribution is -0.0932. The van der Waals surface area contributed by atoms with Crippen molar-refractivity contribution in [3.05, 3.63) is 131 Å². The van der Waals surface area contributed by atoms with Crippen LogP contribution in [0.15, 0.2) is 109 Å². The lowest BCUT2D eigenvalue weighted by Crippen LogP contribution is -2.38. The van der Waals surface area contributed by atoms with Crippen molar-refractivity contribution in [2.45, 2.75) is 55.3 Å². The Labute approximate surface area is 344 Å². The molecule has 7 atom stereocenters. The largest absolute Gasteiger partial charge is 0.497 e. The van der Waals surface area contributed by atoms with Gasteiger partial charge in [-0.25, -0.2) is 19.7 Å². The average molecular weight is 841 g/mol. The molecule has 0 spiro atoms. The van der Waals surface area contributed by atoms with E-state index in [1.165, 1.54) is 36.1 Å². The molecule has 0 saturated carbocycles. The second-order valence-electron chi connectivity index (χ2n) is 14.4. The molecule has 3 aromatic heterocycles. The zero-order valence-corrected chi connectivity index (χ0v) is 33.9. The van der Waals surface area contributed by atoms with E-state index >= 15 is 0 Å².